The lowest BCUT2D eigenvalue weighted by Gasteiger charge is -2.41. The van der Waals surface area contributed by atoms with Crippen molar-refractivity contribution in [1.29, 1.82) is 0 Å². The third-order valence-corrected chi connectivity index (χ3v) is 7.93. The van der Waals surface area contributed by atoms with Crippen LogP contribution in [0.25, 0.3) is 0 Å². The van der Waals surface area contributed by atoms with Crippen molar-refractivity contribution in [2.24, 2.45) is 17.6 Å². The molecule has 4 N–H and O–H groups in total. The molecule has 0 aromatic heterocycles. The average Bonchev–Trinajstić information content (AvgIpc) is 2.78. The van der Waals surface area contributed by atoms with Gasteiger partial charge in [0.2, 0.25) is 0 Å². The summed E-state index contributed by atoms with van der Waals surface area (Å²) in [4.78, 5) is 0. The summed E-state index contributed by atoms with van der Waals surface area (Å²) in [6, 6.07) is 15.7. The summed E-state index contributed by atoms with van der Waals surface area (Å²) in [7, 11) is -2.25. The molecule has 2 aromatic carbocycles. The molecule has 31 heavy (non-hydrogen) atoms. The Balaban J connectivity index is 0.000000391. The van der Waals surface area contributed by atoms with Crippen molar-refractivity contribution in [3.63, 3.8) is 0 Å². The zero-order valence-corrected chi connectivity index (χ0v) is 19.3. The van der Waals surface area contributed by atoms with Gasteiger partial charge in [0.1, 0.15) is 5.82 Å². The third kappa shape index (κ3) is 6.79. The van der Waals surface area contributed by atoms with E-state index in [1.807, 2.05) is 43.3 Å². The molecule has 1 aliphatic carbocycles. The van der Waals surface area contributed by atoms with Crippen molar-refractivity contribution in [2.45, 2.75) is 38.5 Å². The number of rotatable bonds is 6. The Kier molecular flexibility index (Phi) is 8.52. The van der Waals surface area contributed by atoms with Gasteiger partial charge in [0, 0.05) is 28.6 Å². The molecule has 1 heterocycles. The number of nitrogens with two attached hydrogens (primary N) is 1. The van der Waals surface area contributed by atoms with E-state index in [1.54, 1.807) is 6.07 Å². The summed E-state index contributed by atoms with van der Waals surface area (Å²) in [6.45, 7) is 4.05. The van der Waals surface area contributed by atoms with Crippen LogP contribution in [-0.4, -0.2) is 35.5 Å². The third-order valence-electron chi connectivity index (χ3n) is 6.29. The van der Waals surface area contributed by atoms with E-state index in [0.29, 0.717) is 42.3 Å². The molecular weight excluding hydrogens is 409 g/mol. The van der Waals surface area contributed by atoms with E-state index in [4.69, 9.17) is 5.73 Å². The molecule has 4 atom stereocenters. The zero-order valence-electron chi connectivity index (χ0n) is 18.5. The second-order valence-electron chi connectivity index (χ2n) is 8.80. The fraction of sp³-hybridized carbons (Fsp3) is 0.480. The lowest BCUT2D eigenvalue weighted by Crippen LogP contribution is -2.38. The summed E-state index contributed by atoms with van der Waals surface area (Å²) < 4.78 is 29.9. The first-order valence-corrected chi connectivity index (χ1v) is 13.1. The van der Waals surface area contributed by atoms with Gasteiger partial charge in [0.05, 0.1) is 5.69 Å². The summed E-state index contributed by atoms with van der Waals surface area (Å²) in [5, 5.41) is 3.29. The number of benzene rings is 2. The van der Waals surface area contributed by atoms with Gasteiger partial charge in [-0.25, -0.2) is 9.11 Å². The minimum absolute atomic E-state index is 0.142. The van der Waals surface area contributed by atoms with Gasteiger partial charge in [-0.1, -0.05) is 42.5 Å². The highest BCUT2D eigenvalue weighted by Crippen LogP contribution is 2.46. The molecule has 0 radical (unpaired) electrons. The van der Waals surface area contributed by atoms with Crippen molar-refractivity contribution in [1.82, 2.24) is 4.72 Å². The van der Waals surface area contributed by atoms with E-state index >= 15 is 0 Å². The van der Waals surface area contributed by atoms with E-state index in [1.165, 1.54) is 0 Å². The van der Waals surface area contributed by atoms with E-state index in [0.717, 1.165) is 43.4 Å². The van der Waals surface area contributed by atoms with Crippen LogP contribution in [0, 0.1) is 24.6 Å². The summed E-state index contributed by atoms with van der Waals surface area (Å²) in [6.07, 6.45) is 3.98. The Morgan fingerprint density at radius 2 is 1.87 bits per heavy atom. The van der Waals surface area contributed by atoms with Crippen LogP contribution in [0.3, 0.4) is 0 Å². The fourth-order valence-electron chi connectivity index (χ4n) is 4.66. The average molecular weight is 446 g/mol. The predicted molar refractivity (Wildman–Crippen MR) is 131 cm³/mol. The van der Waals surface area contributed by atoms with Crippen LogP contribution in [0.2, 0.25) is 0 Å². The smallest absolute Gasteiger partial charge is 0.146 e. The molecule has 1 saturated carbocycles. The molecule has 0 bridgehead atoms. The summed E-state index contributed by atoms with van der Waals surface area (Å²) in [5.41, 5.74) is 8.28. The Bertz CT molecular complexity index is 907. The number of hydrogen-bond donors (Lipinski definition) is 3. The van der Waals surface area contributed by atoms with Crippen molar-refractivity contribution >= 4 is 21.3 Å². The first-order valence-electron chi connectivity index (χ1n) is 11.2. The van der Waals surface area contributed by atoms with Gasteiger partial charge in [0.15, 0.2) is 0 Å². The van der Waals surface area contributed by atoms with E-state index < -0.39 is 9.71 Å². The molecule has 2 aliphatic rings. The molecule has 4 nitrogen and oxygen atoms in total. The highest BCUT2D eigenvalue weighted by Gasteiger charge is 2.36. The van der Waals surface area contributed by atoms with E-state index in [-0.39, 0.29) is 5.82 Å². The lowest BCUT2D eigenvalue weighted by atomic mass is 9.69. The molecular formula is C25H36FN3OS. The molecule has 170 valence electrons. The van der Waals surface area contributed by atoms with Crippen molar-refractivity contribution in [2.75, 3.05) is 30.7 Å². The number of hydrogen-bond acceptors (Lipinski definition) is 3. The molecule has 6 heteroatoms. The SMILES string of the molecule is C=S(=O)(CCCN)NCC1CCC2CNc3c(F)cc(C)cc3C2C1.c1ccccc1. The lowest BCUT2D eigenvalue weighted by molar-refractivity contribution is 0.240. The second kappa shape index (κ2) is 11.1. The molecule has 4 rings (SSSR count). The van der Waals surface area contributed by atoms with Crippen LogP contribution >= 0.6 is 0 Å². The summed E-state index contributed by atoms with van der Waals surface area (Å²) >= 11 is 0. The number of halogens is 1. The predicted octanol–water partition coefficient (Wildman–Crippen LogP) is 4.32. The van der Waals surface area contributed by atoms with Crippen molar-refractivity contribution < 1.29 is 8.60 Å². The maximum Gasteiger partial charge on any atom is 0.146 e. The van der Waals surface area contributed by atoms with Crippen LogP contribution in [-0.2, 0) is 9.71 Å². The quantitative estimate of drug-likeness (QED) is 0.580. The van der Waals surface area contributed by atoms with Crippen LogP contribution < -0.4 is 15.8 Å². The van der Waals surface area contributed by atoms with Gasteiger partial charge >= 0.3 is 0 Å². The maximum absolute atomic E-state index is 14.3. The Hall–Kier alpha value is -1.89. The number of nitrogens with one attached hydrogen (secondary N) is 2. The van der Waals surface area contributed by atoms with Crippen molar-refractivity contribution in [3.8, 4) is 0 Å². The van der Waals surface area contributed by atoms with Gasteiger partial charge in [-0.2, -0.15) is 0 Å². The van der Waals surface area contributed by atoms with Crippen LogP contribution in [0.1, 0.15) is 42.7 Å². The number of anilines is 1. The minimum atomic E-state index is -2.25. The molecule has 1 fully saturated rings. The van der Waals surface area contributed by atoms with Gasteiger partial charge in [-0.3, -0.25) is 4.21 Å². The van der Waals surface area contributed by atoms with Crippen LogP contribution in [0.5, 0.6) is 0 Å². The Morgan fingerprint density at radius 1 is 1.19 bits per heavy atom. The van der Waals surface area contributed by atoms with Gasteiger partial charge in [-0.15, -0.1) is 0 Å². The first kappa shape index (κ1) is 23.8. The van der Waals surface area contributed by atoms with E-state index in [9.17, 15) is 8.60 Å². The standard InChI is InChI=1S/C19H30FN3OS.C6H6/c1-13-8-17-16-10-14(11-23-25(2,24)7-3-6-21)4-5-15(16)12-22-19(17)18(20)9-13;1-2-4-6-5-3-1/h8-9,14-16,22H,2-7,10-12,21H2,1H3,(H,23,24);1-6H. The molecule has 0 saturated heterocycles. The Morgan fingerprint density at radius 3 is 2.52 bits per heavy atom. The highest BCUT2D eigenvalue weighted by molar-refractivity contribution is 7.98. The second-order valence-corrected chi connectivity index (χ2v) is 11.1. The Labute approximate surface area is 187 Å². The summed E-state index contributed by atoms with van der Waals surface area (Å²) in [5.74, 6) is 5.62. The zero-order chi connectivity index (χ0) is 22.3. The van der Waals surface area contributed by atoms with Gasteiger partial charge in [-0.05, 0) is 80.0 Å². The number of aryl methyl sites for hydroxylation is 1. The molecule has 1 aliphatic heterocycles. The molecule has 4 unspecified atom stereocenters. The fourth-order valence-corrected chi connectivity index (χ4v) is 5.97. The minimum Gasteiger partial charge on any atom is -0.382 e. The molecule has 0 amide bonds. The van der Waals surface area contributed by atoms with Crippen LogP contribution in [0.4, 0.5) is 10.1 Å². The largest absolute Gasteiger partial charge is 0.382 e. The topological polar surface area (TPSA) is 67.2 Å². The normalized spacial score (nSPS) is 23.9. The van der Waals surface area contributed by atoms with E-state index in [2.05, 4.69) is 22.0 Å². The van der Waals surface area contributed by atoms with Crippen molar-refractivity contribution in [3.05, 3.63) is 65.5 Å². The van der Waals surface area contributed by atoms with Gasteiger partial charge in [0.25, 0.3) is 0 Å². The molecule has 0 spiro atoms. The first-order chi connectivity index (χ1) is 14.9. The van der Waals surface area contributed by atoms with Crippen LogP contribution in [0.15, 0.2) is 48.5 Å². The molecule has 2 aromatic rings. The monoisotopic (exact) mass is 445 g/mol. The highest BCUT2D eigenvalue weighted by atomic mass is 32.2. The van der Waals surface area contributed by atoms with Gasteiger partial charge < -0.3 is 11.1 Å². The maximum atomic E-state index is 14.3. The number of fused-ring (bicyclic) bond motifs is 3.